The normalized spacial score (nSPS) is 13.2. The van der Waals surface area contributed by atoms with Gasteiger partial charge in [0.25, 0.3) is 0 Å². The van der Waals surface area contributed by atoms with Crippen LogP contribution in [0, 0.1) is 13.8 Å². The van der Waals surface area contributed by atoms with Crippen molar-refractivity contribution in [1.82, 2.24) is 0 Å². The van der Waals surface area contributed by atoms with Crippen LogP contribution in [0.3, 0.4) is 0 Å². The number of hydrogen-bond donors (Lipinski definition) is 0. The highest BCUT2D eigenvalue weighted by Gasteiger charge is 2.40. The SMILES string of the molecule is Cc1cc([Si](C)(C)C)ccc1-c1cc(C(F)(F)F)c(C)c(C(F)(F)F)c1. The predicted molar refractivity (Wildman–Crippen MR) is 94.3 cm³/mol. The van der Waals surface area contributed by atoms with Crippen LogP contribution < -0.4 is 5.19 Å². The first kappa shape index (κ1) is 20.5. The van der Waals surface area contributed by atoms with Gasteiger partial charge in [0.05, 0.1) is 19.2 Å². The standard InChI is InChI=1S/C19H20F6Si/c1-11-8-14(26(3,4)5)6-7-15(11)13-9-16(18(20,21)22)12(2)17(10-13)19(23,24)25/h6-10H,1-5H3. The average Bonchev–Trinajstić information content (AvgIpc) is 2.44. The van der Waals surface area contributed by atoms with Gasteiger partial charge in [0.1, 0.15) is 0 Å². The second-order valence-corrected chi connectivity index (χ2v) is 12.5. The molecule has 0 aliphatic heterocycles. The Morgan fingerprint density at radius 2 is 1.19 bits per heavy atom. The molecule has 0 aromatic heterocycles. The molecule has 2 rings (SSSR count). The minimum atomic E-state index is -4.85. The van der Waals surface area contributed by atoms with Gasteiger partial charge in [-0.2, -0.15) is 26.3 Å². The van der Waals surface area contributed by atoms with Crippen molar-refractivity contribution in [2.24, 2.45) is 0 Å². The molecule has 2 aromatic carbocycles. The molecule has 0 aliphatic carbocycles. The van der Waals surface area contributed by atoms with Crippen LogP contribution in [0.25, 0.3) is 11.1 Å². The zero-order chi connectivity index (χ0) is 20.1. The molecule has 0 heterocycles. The second kappa shape index (κ2) is 6.44. The fraction of sp³-hybridized carbons (Fsp3) is 0.368. The zero-order valence-corrected chi connectivity index (χ0v) is 16.2. The van der Waals surface area contributed by atoms with Gasteiger partial charge in [-0.3, -0.25) is 0 Å². The first-order valence-corrected chi connectivity index (χ1v) is 11.5. The molecule has 0 bridgehead atoms. The molecule has 0 amide bonds. The average molecular weight is 390 g/mol. The van der Waals surface area contributed by atoms with Crippen LogP contribution in [0.5, 0.6) is 0 Å². The van der Waals surface area contributed by atoms with Gasteiger partial charge < -0.3 is 0 Å². The molecular formula is C19H20F6Si. The molecule has 0 saturated heterocycles. The van der Waals surface area contributed by atoms with Crippen molar-refractivity contribution in [1.29, 1.82) is 0 Å². The van der Waals surface area contributed by atoms with E-state index in [1.54, 1.807) is 19.1 Å². The van der Waals surface area contributed by atoms with E-state index in [4.69, 9.17) is 0 Å². The van der Waals surface area contributed by atoms with E-state index in [9.17, 15) is 26.3 Å². The predicted octanol–water partition coefficient (Wildman–Crippen LogP) is 6.55. The highest BCUT2D eigenvalue weighted by atomic mass is 28.3. The van der Waals surface area contributed by atoms with Crippen molar-refractivity contribution >= 4 is 13.3 Å². The van der Waals surface area contributed by atoms with Crippen molar-refractivity contribution in [2.45, 2.75) is 45.8 Å². The molecule has 142 valence electrons. The van der Waals surface area contributed by atoms with Crippen LogP contribution >= 0.6 is 0 Å². The summed E-state index contributed by atoms with van der Waals surface area (Å²) in [6, 6.07) is 6.90. The largest absolute Gasteiger partial charge is 0.416 e. The summed E-state index contributed by atoms with van der Waals surface area (Å²) in [6.45, 7) is 8.93. The van der Waals surface area contributed by atoms with Crippen LogP contribution in [0.4, 0.5) is 26.3 Å². The summed E-state index contributed by atoms with van der Waals surface area (Å²) in [5.74, 6) is 0. The lowest BCUT2D eigenvalue weighted by molar-refractivity contribution is -0.143. The molecule has 0 aliphatic rings. The van der Waals surface area contributed by atoms with E-state index in [0.29, 0.717) is 11.1 Å². The summed E-state index contributed by atoms with van der Waals surface area (Å²) < 4.78 is 79.6. The molecule has 7 heteroatoms. The van der Waals surface area contributed by atoms with E-state index in [0.717, 1.165) is 24.2 Å². The quantitative estimate of drug-likeness (QED) is 0.403. The fourth-order valence-electron chi connectivity index (χ4n) is 2.91. The van der Waals surface area contributed by atoms with E-state index in [1.807, 2.05) is 6.07 Å². The Morgan fingerprint density at radius 3 is 1.54 bits per heavy atom. The Morgan fingerprint density at radius 1 is 0.731 bits per heavy atom. The Labute approximate surface area is 149 Å². The van der Waals surface area contributed by atoms with E-state index in [-0.39, 0.29) is 5.56 Å². The van der Waals surface area contributed by atoms with E-state index >= 15 is 0 Å². The monoisotopic (exact) mass is 390 g/mol. The number of halogens is 6. The van der Waals surface area contributed by atoms with E-state index < -0.39 is 37.1 Å². The summed E-state index contributed by atoms with van der Waals surface area (Å²) in [6.07, 6.45) is -9.71. The number of aryl methyl sites for hydroxylation is 1. The molecule has 0 saturated carbocycles. The topological polar surface area (TPSA) is 0 Å². The van der Waals surface area contributed by atoms with Gasteiger partial charge in [-0.05, 0) is 48.2 Å². The van der Waals surface area contributed by atoms with Gasteiger partial charge in [0, 0.05) is 0 Å². The third-order valence-electron chi connectivity index (χ3n) is 4.42. The van der Waals surface area contributed by atoms with Crippen LogP contribution in [0.2, 0.25) is 19.6 Å². The number of hydrogen-bond acceptors (Lipinski definition) is 0. The smallest absolute Gasteiger partial charge is 0.166 e. The molecule has 26 heavy (non-hydrogen) atoms. The molecule has 0 atom stereocenters. The first-order chi connectivity index (χ1) is 11.6. The minimum absolute atomic E-state index is 0.0742. The summed E-state index contributed by atoms with van der Waals surface area (Å²) in [4.78, 5) is 0. The maximum absolute atomic E-state index is 13.3. The molecule has 0 radical (unpaired) electrons. The summed E-state index contributed by atoms with van der Waals surface area (Å²) in [5.41, 5.74) is -2.34. The minimum Gasteiger partial charge on any atom is -0.166 e. The second-order valence-electron chi connectivity index (χ2n) is 7.47. The van der Waals surface area contributed by atoms with Gasteiger partial charge in [-0.15, -0.1) is 0 Å². The Balaban J connectivity index is 2.75. The maximum atomic E-state index is 13.3. The van der Waals surface area contributed by atoms with Crippen LogP contribution in [0.15, 0.2) is 30.3 Å². The van der Waals surface area contributed by atoms with E-state index in [2.05, 4.69) is 19.6 Å². The number of alkyl halides is 6. The van der Waals surface area contributed by atoms with Crippen molar-refractivity contribution in [2.75, 3.05) is 0 Å². The highest BCUT2D eigenvalue weighted by Crippen LogP contribution is 2.42. The maximum Gasteiger partial charge on any atom is 0.416 e. The Bertz CT molecular complexity index is 790. The molecule has 2 aromatic rings. The lowest BCUT2D eigenvalue weighted by atomic mass is 9.92. The number of benzene rings is 2. The number of rotatable bonds is 2. The lowest BCUT2D eigenvalue weighted by Gasteiger charge is -2.21. The molecule has 0 spiro atoms. The summed E-state index contributed by atoms with van der Waals surface area (Å²) in [5, 5.41) is 1.10. The van der Waals surface area contributed by atoms with Gasteiger partial charge in [0.15, 0.2) is 0 Å². The molecular weight excluding hydrogens is 370 g/mol. The van der Waals surface area contributed by atoms with Gasteiger partial charge in [-0.25, -0.2) is 0 Å². The third-order valence-corrected chi connectivity index (χ3v) is 6.46. The van der Waals surface area contributed by atoms with Crippen molar-refractivity contribution in [3.8, 4) is 11.1 Å². The molecule has 0 nitrogen and oxygen atoms in total. The Hall–Kier alpha value is -1.76. The van der Waals surface area contributed by atoms with Crippen LogP contribution in [-0.4, -0.2) is 8.07 Å². The van der Waals surface area contributed by atoms with E-state index in [1.165, 1.54) is 0 Å². The molecule has 0 fully saturated rings. The van der Waals surface area contributed by atoms with Crippen molar-refractivity contribution in [3.63, 3.8) is 0 Å². The first-order valence-electron chi connectivity index (χ1n) is 8.03. The van der Waals surface area contributed by atoms with Crippen molar-refractivity contribution < 1.29 is 26.3 Å². The van der Waals surface area contributed by atoms with Gasteiger partial charge >= 0.3 is 12.4 Å². The lowest BCUT2D eigenvalue weighted by Crippen LogP contribution is -2.37. The van der Waals surface area contributed by atoms with Gasteiger partial charge in [0.2, 0.25) is 0 Å². The van der Waals surface area contributed by atoms with Crippen LogP contribution in [0.1, 0.15) is 22.3 Å². The summed E-state index contributed by atoms with van der Waals surface area (Å²) in [7, 11) is -1.64. The molecule has 0 N–H and O–H groups in total. The molecule has 0 unspecified atom stereocenters. The van der Waals surface area contributed by atoms with Crippen molar-refractivity contribution in [3.05, 3.63) is 52.6 Å². The zero-order valence-electron chi connectivity index (χ0n) is 15.2. The fourth-order valence-corrected chi connectivity index (χ4v) is 4.15. The highest BCUT2D eigenvalue weighted by molar-refractivity contribution is 6.88. The van der Waals surface area contributed by atoms with Crippen LogP contribution in [-0.2, 0) is 12.4 Å². The summed E-state index contributed by atoms with van der Waals surface area (Å²) >= 11 is 0. The van der Waals surface area contributed by atoms with Gasteiger partial charge in [-0.1, -0.05) is 43.0 Å². The third kappa shape index (κ3) is 4.14. The Kier molecular flexibility index (Phi) is 5.09.